The number of aliphatic hydroxyl groups excluding tert-OH is 1. The van der Waals surface area contributed by atoms with Crippen LogP contribution in [-0.2, 0) is 4.74 Å². The van der Waals surface area contributed by atoms with Crippen molar-refractivity contribution >= 4 is 17.0 Å². The lowest BCUT2D eigenvalue weighted by Gasteiger charge is -2.36. The zero-order chi connectivity index (χ0) is 25.8. The topological polar surface area (TPSA) is 93.4 Å². The van der Waals surface area contributed by atoms with E-state index in [1.165, 1.54) is 4.90 Å². The van der Waals surface area contributed by atoms with Gasteiger partial charge in [-0.05, 0) is 77.1 Å². The Balaban J connectivity index is 1.43. The summed E-state index contributed by atoms with van der Waals surface area (Å²) in [6.45, 7) is 9.73. The van der Waals surface area contributed by atoms with Crippen molar-refractivity contribution in [1.82, 2.24) is 24.6 Å². The molecule has 1 aliphatic heterocycles. The molecule has 0 radical (unpaired) electrons. The zero-order valence-corrected chi connectivity index (χ0v) is 21.5. The second-order valence-electron chi connectivity index (χ2n) is 11.2. The Morgan fingerprint density at radius 3 is 2.58 bits per heavy atom. The summed E-state index contributed by atoms with van der Waals surface area (Å²) in [6.07, 6.45) is 1.80. The van der Waals surface area contributed by atoms with Gasteiger partial charge in [0, 0.05) is 35.5 Å². The number of aryl methyl sites for hydroxylation is 2. The summed E-state index contributed by atoms with van der Waals surface area (Å²) in [5.74, 6) is 1.22. The minimum Gasteiger partial charge on any atom is -0.444 e. The third kappa shape index (κ3) is 4.81. The van der Waals surface area contributed by atoms with Gasteiger partial charge >= 0.3 is 6.09 Å². The first-order valence-electron chi connectivity index (χ1n) is 12.6. The van der Waals surface area contributed by atoms with Gasteiger partial charge in [-0.25, -0.2) is 23.8 Å². The molecule has 5 rings (SSSR count). The van der Waals surface area contributed by atoms with E-state index in [4.69, 9.17) is 4.74 Å². The van der Waals surface area contributed by atoms with Crippen LogP contribution in [0.25, 0.3) is 16.7 Å². The van der Waals surface area contributed by atoms with E-state index < -0.39 is 17.9 Å². The van der Waals surface area contributed by atoms with Crippen LogP contribution in [0.5, 0.6) is 0 Å². The minimum atomic E-state index is -1.20. The molecule has 3 heterocycles. The first-order valence-corrected chi connectivity index (χ1v) is 12.6. The molecule has 1 N–H and O–H groups in total. The molecule has 2 fully saturated rings. The molecule has 0 bridgehead atoms. The smallest absolute Gasteiger partial charge is 0.410 e. The molecule has 1 saturated heterocycles. The average Bonchev–Trinajstić information content (AvgIpc) is 3.17. The van der Waals surface area contributed by atoms with Crippen molar-refractivity contribution in [3.05, 3.63) is 47.0 Å². The van der Waals surface area contributed by atoms with Crippen molar-refractivity contribution in [2.75, 3.05) is 13.1 Å². The number of carbonyl (C=O) groups excluding carboxylic acids is 1. The van der Waals surface area contributed by atoms with Gasteiger partial charge in [0.25, 0.3) is 0 Å². The van der Waals surface area contributed by atoms with E-state index in [1.807, 2.05) is 52.8 Å². The van der Waals surface area contributed by atoms with Gasteiger partial charge in [0.15, 0.2) is 5.82 Å². The molecule has 3 aromatic rings. The highest BCUT2D eigenvalue weighted by Gasteiger charge is 2.35. The highest BCUT2D eigenvalue weighted by Crippen LogP contribution is 2.37. The summed E-state index contributed by atoms with van der Waals surface area (Å²) in [5.41, 5.74) is 3.08. The summed E-state index contributed by atoms with van der Waals surface area (Å²) in [5, 5.41) is 15.3. The minimum absolute atomic E-state index is 0.0119. The molecule has 1 amide bonds. The number of aliphatic hydroxyl groups is 1. The van der Waals surface area contributed by atoms with Crippen LogP contribution in [0, 0.1) is 13.8 Å². The van der Waals surface area contributed by atoms with Gasteiger partial charge < -0.3 is 14.7 Å². The molecule has 1 aliphatic carbocycles. The summed E-state index contributed by atoms with van der Waals surface area (Å²) in [6, 6.07) is 5.99. The van der Waals surface area contributed by atoms with Crippen LogP contribution in [0.2, 0.25) is 0 Å². The molecular formula is C27H34FN5O3. The van der Waals surface area contributed by atoms with Crippen molar-refractivity contribution < 1.29 is 19.0 Å². The number of rotatable bonds is 3. The van der Waals surface area contributed by atoms with E-state index in [9.17, 15) is 9.90 Å². The van der Waals surface area contributed by atoms with Crippen LogP contribution in [0.1, 0.15) is 74.5 Å². The molecule has 2 aliphatic rings. The number of amides is 1. The van der Waals surface area contributed by atoms with Crippen molar-refractivity contribution in [3.63, 3.8) is 0 Å². The SMILES string of the molecule is Cc1nc(C2CC(O)C2)cc(-n2ncc3cc(C)c(C4CCN(C(=O)OC(C)(C)C)CC4F)cc32)n1. The van der Waals surface area contributed by atoms with Gasteiger partial charge in [0.2, 0.25) is 0 Å². The molecule has 2 unspecified atom stereocenters. The summed E-state index contributed by atoms with van der Waals surface area (Å²) in [7, 11) is 0. The molecule has 192 valence electrons. The number of benzene rings is 1. The Kier molecular flexibility index (Phi) is 6.22. The van der Waals surface area contributed by atoms with Crippen LogP contribution >= 0.6 is 0 Å². The molecular weight excluding hydrogens is 461 g/mol. The molecule has 1 aromatic carbocycles. The number of piperidine rings is 1. The van der Waals surface area contributed by atoms with E-state index in [0.717, 1.165) is 27.7 Å². The average molecular weight is 496 g/mol. The van der Waals surface area contributed by atoms with E-state index in [2.05, 4.69) is 15.1 Å². The van der Waals surface area contributed by atoms with E-state index in [1.54, 1.807) is 10.9 Å². The maximum absolute atomic E-state index is 15.5. The standard InChI is InChI=1S/C27H34FN5O3/c1-15-8-18-13-29-33(25-12-23(30-16(2)31-25)17-9-19(34)10-17)24(18)11-21(15)20-6-7-32(14-22(20)28)26(35)36-27(3,4)5/h8,11-13,17,19-20,22,34H,6-7,9-10,14H2,1-5H3. The fraction of sp³-hybridized carbons (Fsp3) is 0.556. The Morgan fingerprint density at radius 2 is 1.92 bits per heavy atom. The molecule has 36 heavy (non-hydrogen) atoms. The lowest BCUT2D eigenvalue weighted by atomic mass is 9.80. The molecule has 0 spiro atoms. The number of hydrogen-bond donors (Lipinski definition) is 1. The third-order valence-electron chi connectivity index (χ3n) is 7.14. The Hall–Kier alpha value is -3.07. The number of hydrogen-bond acceptors (Lipinski definition) is 6. The highest BCUT2D eigenvalue weighted by atomic mass is 19.1. The largest absolute Gasteiger partial charge is 0.444 e. The number of fused-ring (bicyclic) bond motifs is 1. The maximum Gasteiger partial charge on any atom is 0.410 e. The molecule has 1 saturated carbocycles. The Bertz CT molecular complexity index is 1290. The van der Waals surface area contributed by atoms with Crippen LogP contribution in [0.15, 0.2) is 24.4 Å². The zero-order valence-electron chi connectivity index (χ0n) is 21.5. The second kappa shape index (κ2) is 9.10. The van der Waals surface area contributed by atoms with E-state index in [-0.39, 0.29) is 24.5 Å². The van der Waals surface area contributed by atoms with Crippen LogP contribution < -0.4 is 0 Å². The lowest BCUT2D eigenvalue weighted by Crippen LogP contribution is -2.46. The fourth-order valence-electron chi connectivity index (χ4n) is 5.25. The lowest BCUT2D eigenvalue weighted by molar-refractivity contribution is 0.0111. The first-order chi connectivity index (χ1) is 17.0. The molecule has 9 heteroatoms. The fourth-order valence-corrected chi connectivity index (χ4v) is 5.25. The van der Waals surface area contributed by atoms with Gasteiger partial charge in [-0.1, -0.05) is 0 Å². The van der Waals surface area contributed by atoms with Crippen molar-refractivity contribution in [3.8, 4) is 5.82 Å². The second-order valence-corrected chi connectivity index (χ2v) is 11.2. The Labute approximate surface area is 210 Å². The van der Waals surface area contributed by atoms with Gasteiger partial charge in [-0.15, -0.1) is 0 Å². The van der Waals surface area contributed by atoms with E-state index in [0.29, 0.717) is 37.4 Å². The molecule has 8 nitrogen and oxygen atoms in total. The van der Waals surface area contributed by atoms with Gasteiger partial charge in [-0.3, -0.25) is 0 Å². The van der Waals surface area contributed by atoms with Crippen LogP contribution in [-0.4, -0.2) is 66.8 Å². The number of nitrogens with zero attached hydrogens (tertiary/aromatic N) is 5. The normalized spacial score (nSPS) is 24.6. The first kappa shape index (κ1) is 24.6. The summed E-state index contributed by atoms with van der Waals surface area (Å²) < 4.78 is 22.7. The number of ether oxygens (including phenoxy) is 1. The van der Waals surface area contributed by atoms with Crippen molar-refractivity contribution in [2.24, 2.45) is 0 Å². The number of carbonyl (C=O) groups is 1. The maximum atomic E-state index is 15.5. The van der Waals surface area contributed by atoms with Gasteiger partial charge in [-0.2, -0.15) is 5.10 Å². The predicted octanol–water partition coefficient (Wildman–Crippen LogP) is 4.73. The van der Waals surface area contributed by atoms with Crippen molar-refractivity contribution in [1.29, 1.82) is 0 Å². The Morgan fingerprint density at radius 1 is 1.17 bits per heavy atom. The van der Waals surface area contributed by atoms with Crippen LogP contribution in [0.3, 0.4) is 0 Å². The monoisotopic (exact) mass is 495 g/mol. The van der Waals surface area contributed by atoms with Gasteiger partial charge in [0.05, 0.1) is 24.4 Å². The van der Waals surface area contributed by atoms with Crippen LogP contribution in [0.4, 0.5) is 9.18 Å². The quantitative estimate of drug-likeness (QED) is 0.565. The number of aromatic nitrogens is 4. The summed E-state index contributed by atoms with van der Waals surface area (Å²) >= 11 is 0. The summed E-state index contributed by atoms with van der Waals surface area (Å²) in [4.78, 5) is 23.1. The molecule has 2 aromatic heterocycles. The molecule has 2 atom stereocenters. The number of halogens is 1. The van der Waals surface area contributed by atoms with Crippen molar-refractivity contribution in [2.45, 2.75) is 83.6 Å². The van der Waals surface area contributed by atoms with Gasteiger partial charge in [0.1, 0.15) is 17.6 Å². The highest BCUT2D eigenvalue weighted by molar-refractivity contribution is 5.82. The third-order valence-corrected chi connectivity index (χ3v) is 7.14. The predicted molar refractivity (Wildman–Crippen MR) is 134 cm³/mol. The number of alkyl halides is 1. The number of likely N-dealkylation sites (tertiary alicyclic amines) is 1. The van der Waals surface area contributed by atoms with E-state index >= 15 is 4.39 Å².